The van der Waals surface area contributed by atoms with Gasteiger partial charge in [0.25, 0.3) is 0 Å². The molecule has 0 atom stereocenters. The van der Waals surface area contributed by atoms with Crippen molar-refractivity contribution in [2.45, 2.75) is 33.1 Å². The summed E-state index contributed by atoms with van der Waals surface area (Å²) in [5.74, 6) is 0. The van der Waals surface area contributed by atoms with Crippen molar-refractivity contribution in [1.29, 1.82) is 0 Å². The van der Waals surface area contributed by atoms with Crippen molar-refractivity contribution in [3.05, 3.63) is 24.3 Å². The van der Waals surface area contributed by atoms with Crippen LogP contribution in [-0.2, 0) is 0 Å². The molecule has 0 aromatic carbocycles. The summed E-state index contributed by atoms with van der Waals surface area (Å²) in [5.41, 5.74) is 0. The van der Waals surface area contributed by atoms with Crippen LogP contribution in [0.1, 0.15) is 33.1 Å². The highest BCUT2D eigenvalue weighted by atomic mass is 13.8. The molecule has 0 fully saturated rings. The molecule has 0 saturated carbocycles. The lowest BCUT2D eigenvalue weighted by atomic mass is 10.2. The molecule has 0 nitrogen and oxygen atoms in total. The molecule has 0 unspecified atom stereocenters. The average molecular weight is 123 g/mol. The summed E-state index contributed by atoms with van der Waals surface area (Å²) in [5, 5.41) is 0. The van der Waals surface area contributed by atoms with E-state index >= 15 is 0 Å². The lowest BCUT2D eigenvalue weighted by Gasteiger charge is -1.86. The summed E-state index contributed by atoms with van der Waals surface area (Å²) < 4.78 is 0. The van der Waals surface area contributed by atoms with Crippen LogP contribution in [0.15, 0.2) is 18.2 Å². The molecule has 0 heterocycles. The topological polar surface area (TPSA) is 0 Å². The SMILES string of the molecule is C/C=[C]/CCC/C=C/C. The highest BCUT2D eigenvalue weighted by molar-refractivity contribution is 4.77. The van der Waals surface area contributed by atoms with Crippen molar-refractivity contribution in [2.75, 3.05) is 0 Å². The number of unbranched alkanes of at least 4 members (excludes halogenated alkanes) is 2. The number of rotatable bonds is 4. The first kappa shape index (κ1) is 8.48. The predicted octanol–water partition coefficient (Wildman–Crippen LogP) is 3.11. The second-order valence-electron chi connectivity index (χ2n) is 1.95. The van der Waals surface area contributed by atoms with Crippen LogP contribution in [-0.4, -0.2) is 0 Å². The highest BCUT2D eigenvalue weighted by Crippen LogP contribution is 1.96. The summed E-state index contributed by atoms with van der Waals surface area (Å²) in [6.45, 7) is 4.06. The number of allylic oxidation sites excluding steroid dienone is 4. The quantitative estimate of drug-likeness (QED) is 0.398. The standard InChI is InChI=1S/C9H15/c1-3-5-7-9-8-6-4-2/h3-5H,7-9H2,1-2H3/b5-3+,6-4?. The van der Waals surface area contributed by atoms with Crippen LogP contribution in [0, 0.1) is 6.08 Å². The number of hydrogen-bond acceptors (Lipinski definition) is 0. The van der Waals surface area contributed by atoms with E-state index in [-0.39, 0.29) is 0 Å². The minimum absolute atomic E-state index is 1.10. The third kappa shape index (κ3) is 7.48. The lowest BCUT2D eigenvalue weighted by molar-refractivity contribution is 0.852. The molecule has 0 aliphatic rings. The monoisotopic (exact) mass is 123 g/mol. The van der Waals surface area contributed by atoms with Gasteiger partial charge >= 0.3 is 0 Å². The Balaban J connectivity index is 2.91. The first-order chi connectivity index (χ1) is 4.41. The van der Waals surface area contributed by atoms with Crippen LogP contribution >= 0.6 is 0 Å². The molecule has 51 valence electrons. The van der Waals surface area contributed by atoms with E-state index in [2.05, 4.69) is 25.2 Å². The molecule has 0 aromatic heterocycles. The zero-order chi connectivity index (χ0) is 6.95. The Morgan fingerprint density at radius 1 is 1.33 bits per heavy atom. The Labute approximate surface area is 58.3 Å². The van der Waals surface area contributed by atoms with Gasteiger partial charge in [-0.1, -0.05) is 18.2 Å². The van der Waals surface area contributed by atoms with Gasteiger partial charge in [-0.3, -0.25) is 0 Å². The van der Waals surface area contributed by atoms with Crippen molar-refractivity contribution in [3.63, 3.8) is 0 Å². The van der Waals surface area contributed by atoms with E-state index in [1.807, 2.05) is 13.0 Å². The molecule has 0 aliphatic heterocycles. The van der Waals surface area contributed by atoms with E-state index in [4.69, 9.17) is 0 Å². The first-order valence-corrected chi connectivity index (χ1v) is 3.54. The van der Waals surface area contributed by atoms with Gasteiger partial charge in [0.2, 0.25) is 0 Å². The van der Waals surface area contributed by atoms with E-state index < -0.39 is 0 Å². The fraction of sp³-hybridized carbons (Fsp3) is 0.556. The minimum Gasteiger partial charge on any atom is -0.0917 e. The molecule has 0 N–H and O–H groups in total. The van der Waals surface area contributed by atoms with Crippen molar-refractivity contribution in [2.24, 2.45) is 0 Å². The third-order valence-electron chi connectivity index (χ3n) is 1.13. The molecule has 0 amide bonds. The Hall–Kier alpha value is -0.520. The van der Waals surface area contributed by atoms with Gasteiger partial charge in [0.05, 0.1) is 0 Å². The van der Waals surface area contributed by atoms with Gasteiger partial charge in [0.1, 0.15) is 0 Å². The molecule has 0 heteroatoms. The van der Waals surface area contributed by atoms with Crippen LogP contribution in [0.5, 0.6) is 0 Å². The molecular weight excluding hydrogens is 108 g/mol. The Morgan fingerprint density at radius 2 is 2.11 bits per heavy atom. The Morgan fingerprint density at radius 3 is 2.67 bits per heavy atom. The summed E-state index contributed by atoms with van der Waals surface area (Å²) in [4.78, 5) is 0. The summed E-state index contributed by atoms with van der Waals surface area (Å²) >= 11 is 0. The maximum Gasteiger partial charge on any atom is -0.0277 e. The molecule has 0 spiro atoms. The largest absolute Gasteiger partial charge is 0.0917 e. The maximum atomic E-state index is 3.15. The van der Waals surface area contributed by atoms with Gasteiger partial charge in [-0.05, 0) is 39.2 Å². The third-order valence-corrected chi connectivity index (χ3v) is 1.13. The molecule has 0 bridgehead atoms. The molecular formula is C9H15. The van der Waals surface area contributed by atoms with Crippen LogP contribution in [0.25, 0.3) is 0 Å². The van der Waals surface area contributed by atoms with Gasteiger partial charge < -0.3 is 0 Å². The fourth-order valence-electron chi connectivity index (χ4n) is 0.633. The average Bonchev–Trinajstić information content (AvgIpc) is 1.89. The van der Waals surface area contributed by atoms with Crippen molar-refractivity contribution < 1.29 is 0 Å². The van der Waals surface area contributed by atoms with Crippen LogP contribution in [0.2, 0.25) is 0 Å². The minimum atomic E-state index is 1.10. The van der Waals surface area contributed by atoms with Crippen LogP contribution < -0.4 is 0 Å². The zero-order valence-electron chi connectivity index (χ0n) is 6.35. The van der Waals surface area contributed by atoms with E-state index in [9.17, 15) is 0 Å². The highest BCUT2D eigenvalue weighted by Gasteiger charge is 1.77. The summed E-state index contributed by atoms with van der Waals surface area (Å²) in [7, 11) is 0. The van der Waals surface area contributed by atoms with E-state index in [0.29, 0.717) is 0 Å². The van der Waals surface area contributed by atoms with Gasteiger partial charge in [-0.15, -0.1) is 0 Å². The molecule has 0 saturated heterocycles. The van der Waals surface area contributed by atoms with Crippen LogP contribution in [0.4, 0.5) is 0 Å². The maximum absolute atomic E-state index is 3.15. The van der Waals surface area contributed by atoms with Gasteiger partial charge in [-0.25, -0.2) is 0 Å². The van der Waals surface area contributed by atoms with Crippen LogP contribution in [0.3, 0.4) is 0 Å². The van der Waals surface area contributed by atoms with E-state index in [0.717, 1.165) is 6.42 Å². The fourth-order valence-corrected chi connectivity index (χ4v) is 0.633. The predicted molar refractivity (Wildman–Crippen MR) is 42.2 cm³/mol. The van der Waals surface area contributed by atoms with Gasteiger partial charge in [0.15, 0.2) is 0 Å². The smallest absolute Gasteiger partial charge is 0.0277 e. The second-order valence-corrected chi connectivity index (χ2v) is 1.95. The second kappa shape index (κ2) is 7.48. The van der Waals surface area contributed by atoms with Gasteiger partial charge in [-0.2, -0.15) is 0 Å². The van der Waals surface area contributed by atoms with Gasteiger partial charge in [0, 0.05) is 0 Å². The Kier molecular flexibility index (Phi) is 7.05. The van der Waals surface area contributed by atoms with E-state index in [1.165, 1.54) is 12.8 Å². The summed E-state index contributed by atoms with van der Waals surface area (Å²) in [6, 6.07) is 0. The lowest BCUT2D eigenvalue weighted by Crippen LogP contribution is -1.67. The van der Waals surface area contributed by atoms with E-state index in [1.54, 1.807) is 0 Å². The molecule has 1 radical (unpaired) electrons. The normalized spacial score (nSPS) is 11.8. The van der Waals surface area contributed by atoms with Crippen molar-refractivity contribution in [1.82, 2.24) is 0 Å². The first-order valence-electron chi connectivity index (χ1n) is 3.54. The molecule has 0 aromatic rings. The molecule has 0 rings (SSSR count). The number of hydrogen-bond donors (Lipinski definition) is 0. The molecule has 9 heavy (non-hydrogen) atoms. The van der Waals surface area contributed by atoms with Crippen molar-refractivity contribution in [3.8, 4) is 0 Å². The van der Waals surface area contributed by atoms with Crippen molar-refractivity contribution >= 4 is 0 Å². The molecule has 0 aliphatic carbocycles. The summed E-state index contributed by atoms with van der Waals surface area (Å²) in [6.07, 6.45) is 12.9. The Bertz CT molecular complexity index is 76.2. The zero-order valence-corrected chi connectivity index (χ0v) is 6.35.